The van der Waals surface area contributed by atoms with Crippen LogP contribution in [-0.4, -0.2) is 42.0 Å². The topological polar surface area (TPSA) is 43.4 Å². The monoisotopic (exact) mass is 466 g/mol. The minimum absolute atomic E-state index is 0.365. The first kappa shape index (κ1) is 21.7. The van der Waals surface area contributed by atoms with Crippen LogP contribution in [0, 0.1) is 0 Å². The number of thioether (sulfide) groups is 1. The molecular formula is C26H31ClN4S. The number of hydrogen-bond acceptors (Lipinski definition) is 4. The van der Waals surface area contributed by atoms with Gasteiger partial charge in [-0.3, -0.25) is 4.99 Å². The molecule has 0 amide bonds. The van der Waals surface area contributed by atoms with Crippen LogP contribution in [0.15, 0.2) is 47.5 Å². The zero-order valence-corrected chi connectivity index (χ0v) is 20.4. The Hall–Kier alpha value is -2.11. The van der Waals surface area contributed by atoms with E-state index in [0.29, 0.717) is 12.1 Å². The third-order valence-corrected chi connectivity index (χ3v) is 7.91. The third-order valence-electron chi connectivity index (χ3n) is 6.54. The maximum atomic E-state index is 6.44. The zero-order chi connectivity index (χ0) is 22.1. The molecule has 168 valence electrons. The quantitative estimate of drug-likeness (QED) is 0.405. The first-order chi connectivity index (χ1) is 15.5. The van der Waals surface area contributed by atoms with E-state index in [-0.39, 0.29) is 0 Å². The van der Waals surface area contributed by atoms with Gasteiger partial charge in [0.1, 0.15) is 5.04 Å². The summed E-state index contributed by atoms with van der Waals surface area (Å²) in [6.07, 6.45) is 7.24. The molecule has 2 aliphatic rings. The van der Waals surface area contributed by atoms with Crippen molar-refractivity contribution < 1.29 is 0 Å². The number of hydrogen-bond donors (Lipinski definition) is 2. The highest BCUT2D eigenvalue weighted by Gasteiger charge is 2.22. The average Bonchev–Trinajstić information content (AvgIpc) is 3.53. The smallest absolute Gasteiger partial charge is 0.114 e. The summed E-state index contributed by atoms with van der Waals surface area (Å²) in [7, 11) is 4.18. The number of nitrogens with one attached hydrogen (secondary N) is 2. The first-order valence-electron chi connectivity index (χ1n) is 11.6. The fourth-order valence-electron chi connectivity index (χ4n) is 4.76. The van der Waals surface area contributed by atoms with Gasteiger partial charge in [-0.15, -0.1) is 11.8 Å². The Morgan fingerprint density at radius 3 is 2.81 bits per heavy atom. The van der Waals surface area contributed by atoms with E-state index < -0.39 is 0 Å². The fourth-order valence-corrected chi connectivity index (χ4v) is 6.07. The minimum atomic E-state index is 0.365. The van der Waals surface area contributed by atoms with Gasteiger partial charge in [0.15, 0.2) is 0 Å². The lowest BCUT2D eigenvalue weighted by Crippen LogP contribution is -2.14. The third kappa shape index (κ3) is 4.79. The molecule has 4 nitrogen and oxygen atoms in total. The molecule has 1 aromatic heterocycles. The van der Waals surface area contributed by atoms with E-state index in [9.17, 15) is 0 Å². The van der Waals surface area contributed by atoms with Crippen LogP contribution >= 0.6 is 23.4 Å². The SMILES string of the molecule is CN(C)c1cccc(CC[C@H]2CSC(c3cc4cc(Cl)cc(NC5CCCC5)c4[nH]3)=N2)c1. The van der Waals surface area contributed by atoms with Crippen LogP contribution < -0.4 is 10.2 Å². The number of fused-ring (bicyclic) bond motifs is 1. The van der Waals surface area contributed by atoms with Gasteiger partial charge < -0.3 is 15.2 Å². The molecule has 1 atom stereocenters. The molecule has 0 unspecified atom stereocenters. The Morgan fingerprint density at radius 2 is 2.00 bits per heavy atom. The van der Waals surface area contributed by atoms with E-state index in [1.807, 2.05) is 17.8 Å². The Bertz CT molecular complexity index is 1130. The summed E-state index contributed by atoms with van der Waals surface area (Å²) in [5, 5.41) is 6.78. The Morgan fingerprint density at radius 1 is 1.16 bits per heavy atom. The fraction of sp³-hybridized carbons (Fsp3) is 0.423. The number of benzene rings is 2. The predicted molar refractivity (Wildman–Crippen MR) is 141 cm³/mol. The van der Waals surface area contributed by atoms with Gasteiger partial charge in [0.2, 0.25) is 0 Å². The highest BCUT2D eigenvalue weighted by molar-refractivity contribution is 8.14. The van der Waals surface area contributed by atoms with Crippen molar-refractivity contribution in [1.29, 1.82) is 0 Å². The highest BCUT2D eigenvalue weighted by Crippen LogP contribution is 2.34. The number of H-pyrrole nitrogens is 1. The Kier molecular flexibility index (Phi) is 6.38. The molecule has 2 N–H and O–H groups in total. The number of aryl methyl sites for hydroxylation is 1. The summed E-state index contributed by atoms with van der Waals surface area (Å²) in [6, 6.07) is 16.0. The van der Waals surface area contributed by atoms with Crippen LogP contribution in [0.3, 0.4) is 0 Å². The van der Waals surface area contributed by atoms with Crippen molar-refractivity contribution in [1.82, 2.24) is 4.98 Å². The number of rotatable bonds is 7. The molecule has 1 fully saturated rings. The number of aliphatic imine (C=N–C) groups is 1. The average molecular weight is 467 g/mol. The van der Waals surface area contributed by atoms with Crippen molar-refractivity contribution >= 4 is 50.7 Å². The summed E-state index contributed by atoms with van der Waals surface area (Å²) in [6.45, 7) is 0. The number of nitrogens with zero attached hydrogens (tertiary/aromatic N) is 2. The molecule has 2 aromatic carbocycles. The maximum absolute atomic E-state index is 6.44. The van der Waals surface area contributed by atoms with Gasteiger partial charge in [-0.2, -0.15) is 0 Å². The molecular weight excluding hydrogens is 436 g/mol. The van der Waals surface area contributed by atoms with E-state index in [4.69, 9.17) is 16.6 Å². The second-order valence-corrected chi connectivity index (χ2v) is 10.7. The molecule has 0 radical (unpaired) electrons. The van der Waals surface area contributed by atoms with Gasteiger partial charge in [-0.25, -0.2) is 0 Å². The standard InChI is InChI=1S/C26H31ClN4S/c1-31(2)22-9-5-6-17(12-22)10-11-21-16-32-26(29-21)24-14-18-13-19(27)15-23(25(18)30-24)28-20-7-3-4-8-20/h5-6,9,12-15,20-21,28,30H,3-4,7-8,10-11,16H2,1-2H3/t21-/m0/s1. The molecule has 2 heterocycles. The van der Waals surface area contributed by atoms with Crippen molar-refractivity contribution in [3.8, 4) is 0 Å². The van der Waals surface area contributed by atoms with E-state index in [0.717, 1.165) is 50.9 Å². The molecule has 1 aliphatic carbocycles. The summed E-state index contributed by atoms with van der Waals surface area (Å²) >= 11 is 8.30. The van der Waals surface area contributed by atoms with Gasteiger partial charge in [0, 0.05) is 42.0 Å². The van der Waals surface area contributed by atoms with Crippen LogP contribution in [0.5, 0.6) is 0 Å². The lowest BCUT2D eigenvalue weighted by atomic mass is 10.1. The zero-order valence-electron chi connectivity index (χ0n) is 18.8. The Labute approximate surface area is 199 Å². The summed E-state index contributed by atoms with van der Waals surface area (Å²) in [5.74, 6) is 1.05. The number of aromatic amines is 1. The van der Waals surface area contributed by atoms with Crippen LogP contribution in [0.25, 0.3) is 10.9 Å². The lowest BCUT2D eigenvalue weighted by molar-refractivity contribution is 0.685. The maximum Gasteiger partial charge on any atom is 0.114 e. The molecule has 5 rings (SSSR count). The van der Waals surface area contributed by atoms with Crippen molar-refractivity contribution in [3.63, 3.8) is 0 Å². The molecule has 32 heavy (non-hydrogen) atoms. The van der Waals surface area contributed by atoms with Gasteiger partial charge in [0.25, 0.3) is 0 Å². The van der Waals surface area contributed by atoms with Crippen molar-refractivity contribution in [3.05, 3.63) is 58.7 Å². The van der Waals surface area contributed by atoms with Crippen LogP contribution in [-0.2, 0) is 6.42 Å². The number of anilines is 2. The predicted octanol–water partition coefficient (Wildman–Crippen LogP) is 6.74. The molecule has 3 aromatic rings. The van der Waals surface area contributed by atoms with Crippen LogP contribution in [0.1, 0.15) is 43.4 Å². The van der Waals surface area contributed by atoms with E-state index in [2.05, 4.69) is 65.7 Å². The van der Waals surface area contributed by atoms with Crippen molar-refractivity contribution in [2.24, 2.45) is 4.99 Å². The number of aromatic nitrogens is 1. The van der Waals surface area contributed by atoms with Gasteiger partial charge in [-0.1, -0.05) is 36.6 Å². The highest BCUT2D eigenvalue weighted by atomic mass is 35.5. The summed E-state index contributed by atoms with van der Waals surface area (Å²) in [4.78, 5) is 10.9. The molecule has 0 bridgehead atoms. The molecule has 1 aliphatic heterocycles. The van der Waals surface area contributed by atoms with E-state index >= 15 is 0 Å². The van der Waals surface area contributed by atoms with Crippen molar-refractivity contribution in [2.75, 3.05) is 30.1 Å². The summed E-state index contributed by atoms with van der Waals surface area (Å²) in [5.41, 5.74) is 6.01. The molecule has 6 heteroatoms. The second-order valence-electron chi connectivity index (χ2n) is 9.23. The van der Waals surface area contributed by atoms with E-state index in [1.54, 1.807) is 0 Å². The van der Waals surface area contributed by atoms with E-state index in [1.165, 1.54) is 36.9 Å². The molecule has 0 spiro atoms. The first-order valence-corrected chi connectivity index (χ1v) is 13.0. The van der Waals surface area contributed by atoms with Gasteiger partial charge >= 0.3 is 0 Å². The van der Waals surface area contributed by atoms with Crippen LogP contribution in [0.2, 0.25) is 5.02 Å². The normalized spacial score (nSPS) is 19.0. The van der Waals surface area contributed by atoms with Crippen LogP contribution in [0.4, 0.5) is 11.4 Å². The number of halogens is 1. The molecule has 0 saturated heterocycles. The molecule has 1 saturated carbocycles. The van der Waals surface area contributed by atoms with Crippen molar-refractivity contribution in [2.45, 2.75) is 50.6 Å². The van der Waals surface area contributed by atoms with Gasteiger partial charge in [0.05, 0.1) is 22.9 Å². The second kappa shape index (κ2) is 9.40. The largest absolute Gasteiger partial charge is 0.381 e. The Balaban J connectivity index is 1.31. The summed E-state index contributed by atoms with van der Waals surface area (Å²) < 4.78 is 0. The van der Waals surface area contributed by atoms with Gasteiger partial charge in [-0.05, 0) is 61.6 Å². The minimum Gasteiger partial charge on any atom is -0.381 e. The lowest BCUT2D eigenvalue weighted by Gasteiger charge is -2.14.